The Morgan fingerprint density at radius 2 is 0.417 bits per heavy atom. The smallest absolute Gasteiger partial charge is 0.462 e. The molecule has 0 radical (unpaired) electrons. The average molecular weight is 1510 g/mol. The molecule has 0 bridgehead atoms. The van der Waals surface area contributed by atoms with Crippen LogP contribution in [0.2, 0.25) is 0 Å². The molecule has 0 aliphatic heterocycles. The molecule has 0 amide bonds. The highest BCUT2D eigenvalue weighted by atomic mass is 31.2. The fourth-order valence-electron chi connectivity index (χ4n) is 11.2. The number of carbonyl (C=O) groups excluding carboxylic acids is 8. The van der Waals surface area contributed by atoms with Crippen LogP contribution in [0.1, 0.15) is 364 Å². The fourth-order valence-corrected chi connectivity index (χ4v) is 13.5. The fraction of sp³-hybridized carbons (Fsp3) is 0.896. The van der Waals surface area contributed by atoms with Gasteiger partial charge in [-0.25, -0.2) is 9.13 Å². The average Bonchev–Trinajstić information content (AvgIpc) is 0.864. The van der Waals surface area contributed by atoms with Crippen molar-refractivity contribution in [2.75, 3.05) is 59.6 Å². The van der Waals surface area contributed by atoms with E-state index in [2.05, 4.69) is 27.7 Å². The predicted octanol–water partition coefficient (Wildman–Crippen LogP) is 20.0. The highest BCUT2D eigenvalue weighted by Crippen LogP contribution is 2.54. The Bertz CT molecular complexity index is 2090. The Morgan fingerprint density at radius 3 is 0.631 bits per heavy atom. The maximum Gasteiger partial charge on any atom is 0.477 e. The summed E-state index contributed by atoms with van der Waals surface area (Å²) >= 11 is 0. The zero-order valence-corrected chi connectivity index (χ0v) is 67.1. The van der Waals surface area contributed by atoms with E-state index in [9.17, 15) is 47.5 Å². The van der Waals surface area contributed by atoms with Crippen LogP contribution in [-0.2, 0) is 113 Å². The lowest BCUT2D eigenvalue weighted by molar-refractivity contribution is -0.162. The first-order valence-electron chi connectivity index (χ1n) is 40.1. The van der Waals surface area contributed by atoms with E-state index in [1.54, 1.807) is 0 Å². The molecule has 4 unspecified atom stereocenters. The Kier molecular flexibility index (Phi) is 67.0. The number of phosphoric ester groups is 2. The van der Waals surface area contributed by atoms with Gasteiger partial charge >= 0.3 is 63.4 Å². The van der Waals surface area contributed by atoms with Crippen molar-refractivity contribution in [2.24, 2.45) is 0 Å². The molecular formula is C77H142O24P2. The quantitative estimate of drug-likeness (QED) is 0.0180. The molecule has 24 nitrogen and oxygen atoms in total. The summed E-state index contributed by atoms with van der Waals surface area (Å²) in [6, 6.07) is 0. The zero-order valence-electron chi connectivity index (χ0n) is 65.3. The molecule has 0 fully saturated rings. The summed E-state index contributed by atoms with van der Waals surface area (Å²) in [7, 11) is -10.3. The number of esters is 8. The highest BCUT2D eigenvalue weighted by Gasteiger charge is 2.37. The summed E-state index contributed by atoms with van der Waals surface area (Å²) in [5.41, 5.74) is 0. The lowest BCUT2D eigenvalue weighted by atomic mass is 10.1. The molecule has 0 aliphatic carbocycles. The van der Waals surface area contributed by atoms with Crippen LogP contribution >= 0.6 is 15.6 Å². The van der Waals surface area contributed by atoms with Crippen LogP contribution in [0.4, 0.5) is 0 Å². The third-order valence-corrected chi connectivity index (χ3v) is 19.8. The molecule has 0 spiro atoms. The monoisotopic (exact) mass is 1510 g/mol. The topological polar surface area (TPSA) is 300 Å². The second-order valence-electron chi connectivity index (χ2n) is 27.3. The van der Waals surface area contributed by atoms with Crippen LogP contribution in [0.5, 0.6) is 0 Å². The van der Waals surface area contributed by atoms with E-state index in [4.69, 9.17) is 65.0 Å². The molecule has 0 N–H and O–H groups in total. The van der Waals surface area contributed by atoms with Crippen molar-refractivity contribution in [3.05, 3.63) is 0 Å². The Morgan fingerprint density at radius 1 is 0.223 bits per heavy atom. The first-order valence-corrected chi connectivity index (χ1v) is 43.0. The summed E-state index contributed by atoms with van der Waals surface area (Å²) in [5, 5.41) is 0. The van der Waals surface area contributed by atoms with Gasteiger partial charge in [0.1, 0.15) is 26.4 Å². The minimum Gasteiger partial charge on any atom is -0.462 e. The number of unbranched alkanes of at least 4 members (excludes halogenated alkanes) is 40. The third-order valence-electron chi connectivity index (χ3n) is 17.1. The predicted molar refractivity (Wildman–Crippen MR) is 396 cm³/mol. The van der Waals surface area contributed by atoms with Gasteiger partial charge in [0.2, 0.25) is 0 Å². The minimum atomic E-state index is -5.17. The molecule has 0 aromatic rings. The minimum absolute atomic E-state index is 0.00866. The molecule has 0 rings (SSSR count). The van der Waals surface area contributed by atoms with Gasteiger partial charge in [0, 0.05) is 53.4 Å². The van der Waals surface area contributed by atoms with Crippen molar-refractivity contribution in [1.29, 1.82) is 0 Å². The number of ether oxygens (including phenoxy) is 8. The molecule has 26 heteroatoms. The van der Waals surface area contributed by atoms with Crippen LogP contribution in [-0.4, -0.2) is 132 Å². The van der Waals surface area contributed by atoms with Crippen molar-refractivity contribution in [3.63, 3.8) is 0 Å². The van der Waals surface area contributed by atoms with Crippen molar-refractivity contribution >= 4 is 63.4 Å². The van der Waals surface area contributed by atoms with Gasteiger partial charge in [0.05, 0.1) is 26.4 Å². The number of hydrogen-bond donors (Lipinski definition) is 0. The molecule has 0 heterocycles. The first-order chi connectivity index (χ1) is 49.7. The van der Waals surface area contributed by atoms with E-state index < -0.39 is 147 Å². The van der Waals surface area contributed by atoms with Gasteiger partial charge in [0.15, 0.2) is 31.2 Å². The molecule has 103 heavy (non-hydrogen) atoms. The molecule has 0 aliphatic rings. The van der Waals surface area contributed by atoms with Gasteiger partial charge in [-0.3, -0.25) is 65.5 Å². The largest absolute Gasteiger partial charge is 0.477 e. The van der Waals surface area contributed by atoms with E-state index in [1.165, 1.54) is 141 Å². The normalized spacial score (nSPS) is 13.7. The summed E-state index contributed by atoms with van der Waals surface area (Å²) in [5.74, 6) is -5.64. The standard InChI is InChI=1S/C77H142O24P2/c1-9-13-17-21-25-29-33-37-41-45-49-53-74(82)90-59-72(100-76(84)55-51-47-43-39-35-31-27-23-19-15-11-3)63-94-102(86,92-61-70(98-68(7)80)57-88-66(5)78)96-65-97-103(87,93-62-71(99-69(8)81)58-89-67(6)79)95-64-73(101-77(85)56-52-48-44-40-36-32-28-24-20-16-12-4)60-91-75(83)54-50-46-42-38-34-30-26-22-18-14-10-2/h70-73H,9-65H2,1-8H3/t70?,71?,72-,73-,102?,103?/m1/s1. The van der Waals surface area contributed by atoms with Crippen LogP contribution < -0.4 is 0 Å². The van der Waals surface area contributed by atoms with E-state index in [-0.39, 0.29) is 25.7 Å². The van der Waals surface area contributed by atoms with Crippen LogP contribution in [0.15, 0.2) is 0 Å². The molecule has 0 aromatic heterocycles. The molecular weight excluding hydrogens is 1370 g/mol. The van der Waals surface area contributed by atoms with Crippen molar-refractivity contribution in [2.45, 2.75) is 388 Å². The van der Waals surface area contributed by atoms with E-state index >= 15 is 0 Å². The Balaban J connectivity index is 6.94. The zero-order chi connectivity index (χ0) is 76.1. The van der Waals surface area contributed by atoms with Crippen LogP contribution in [0, 0.1) is 0 Å². The van der Waals surface area contributed by atoms with E-state index in [0.717, 1.165) is 143 Å². The summed E-state index contributed by atoms with van der Waals surface area (Å²) in [6.45, 7) is 6.32. The number of hydrogen-bond acceptors (Lipinski definition) is 24. The third kappa shape index (κ3) is 67.1. The second-order valence-corrected chi connectivity index (χ2v) is 30.6. The molecule has 604 valence electrons. The number of rotatable bonds is 76. The highest BCUT2D eigenvalue weighted by molar-refractivity contribution is 7.49. The van der Waals surface area contributed by atoms with Gasteiger partial charge in [-0.15, -0.1) is 0 Å². The maximum atomic E-state index is 14.9. The number of carbonyl (C=O) groups is 8. The van der Waals surface area contributed by atoms with Gasteiger partial charge in [-0.05, 0) is 25.7 Å². The Labute approximate surface area is 620 Å². The van der Waals surface area contributed by atoms with Crippen molar-refractivity contribution in [1.82, 2.24) is 0 Å². The van der Waals surface area contributed by atoms with Crippen LogP contribution in [0.3, 0.4) is 0 Å². The second kappa shape index (κ2) is 69.7. The first kappa shape index (κ1) is 99.0. The van der Waals surface area contributed by atoms with Crippen molar-refractivity contribution < 1.29 is 113 Å². The molecule has 0 aromatic carbocycles. The lowest BCUT2D eigenvalue weighted by Crippen LogP contribution is -2.31. The van der Waals surface area contributed by atoms with Crippen LogP contribution in [0.25, 0.3) is 0 Å². The van der Waals surface area contributed by atoms with Gasteiger partial charge in [0.25, 0.3) is 0 Å². The summed E-state index contributed by atoms with van der Waals surface area (Å²) in [4.78, 5) is 102. The Hall–Kier alpha value is -4.02. The summed E-state index contributed by atoms with van der Waals surface area (Å²) in [6.07, 6.45) is 41.4. The lowest BCUT2D eigenvalue weighted by Gasteiger charge is -2.26. The molecule has 0 saturated carbocycles. The van der Waals surface area contributed by atoms with Crippen molar-refractivity contribution in [3.8, 4) is 0 Å². The SMILES string of the molecule is CCCCCCCCCCCCCC(=O)OC[C@H](COP(=O)(OCOP(=O)(OCC(COC(C)=O)OC(C)=O)OC[C@@H](COC(=O)CCCCCCCCCCCCC)OC(=O)CCCCCCCCCCCCC)OCC(COC(C)=O)OC(C)=O)OC(=O)CCCCCCCCCCCCC. The number of phosphoric acid groups is 2. The van der Waals surface area contributed by atoms with Gasteiger partial charge in [-0.2, -0.15) is 0 Å². The van der Waals surface area contributed by atoms with Gasteiger partial charge in [-0.1, -0.05) is 285 Å². The van der Waals surface area contributed by atoms with E-state index in [0.29, 0.717) is 25.7 Å². The maximum absolute atomic E-state index is 14.9. The van der Waals surface area contributed by atoms with E-state index in [1.807, 2.05) is 0 Å². The summed E-state index contributed by atoms with van der Waals surface area (Å²) < 4.78 is 107. The molecule has 0 saturated heterocycles. The molecule has 6 atom stereocenters. The van der Waals surface area contributed by atoms with Gasteiger partial charge < -0.3 is 37.9 Å².